The van der Waals surface area contributed by atoms with E-state index in [-0.39, 0.29) is 11.8 Å². The second-order valence-electron chi connectivity index (χ2n) is 17.8. The van der Waals surface area contributed by atoms with E-state index in [0.717, 1.165) is 25.9 Å². The Morgan fingerprint density at radius 3 is 1.89 bits per heavy atom. The van der Waals surface area contributed by atoms with Crippen molar-refractivity contribution < 1.29 is 14.2 Å². The highest BCUT2D eigenvalue weighted by molar-refractivity contribution is 7.16. The molecule has 0 bridgehead atoms. The van der Waals surface area contributed by atoms with E-state index in [1.165, 1.54) is 86.5 Å². The predicted octanol–water partition coefficient (Wildman–Crippen LogP) is 8.61. The number of nitrogens with zero attached hydrogens (tertiary/aromatic N) is 2. The van der Waals surface area contributed by atoms with Crippen molar-refractivity contribution in [2.75, 3.05) is 59.3 Å². The summed E-state index contributed by atoms with van der Waals surface area (Å²) in [5.41, 5.74) is 11.3. The molecule has 2 aliphatic rings. The fraction of sp³-hybridized carbons (Fsp3) is 0.302. The molecule has 0 saturated carbocycles. The lowest BCUT2D eigenvalue weighted by Gasteiger charge is -2.37. The van der Waals surface area contributed by atoms with Crippen LogP contribution in [-0.2, 0) is 22.7 Å². The second kappa shape index (κ2) is 19.4. The van der Waals surface area contributed by atoms with Crippen LogP contribution < -0.4 is 31.4 Å². The zero-order chi connectivity index (χ0) is 45.0. The lowest BCUT2D eigenvalue weighted by Crippen LogP contribution is -2.49. The maximum atomic E-state index is 12.1. The topological polar surface area (TPSA) is 88.5 Å². The van der Waals surface area contributed by atoms with Crippen molar-refractivity contribution in [2.24, 2.45) is 0 Å². The highest BCUT2D eigenvalue weighted by atomic mass is 32.1. The normalized spacial score (nSPS) is 14.0. The number of rotatable bonds is 17. The molecular formula is C53H63N6O2SSi+. The number of nitrogens with one attached hydrogen (secondary N) is 4. The van der Waals surface area contributed by atoms with Crippen LogP contribution in [0.2, 0.25) is 13.1 Å². The Balaban J connectivity index is 1.27. The molecule has 8 nitrogen and oxygen atoms in total. The smallest absolute Gasteiger partial charge is 0.246 e. The molecule has 326 valence electrons. The first kappa shape index (κ1) is 45.4. The van der Waals surface area contributed by atoms with Crippen LogP contribution in [0.3, 0.4) is 0 Å². The van der Waals surface area contributed by atoms with Crippen LogP contribution >= 0.6 is 11.3 Å². The summed E-state index contributed by atoms with van der Waals surface area (Å²) < 4.78 is 2.21. The molecule has 7 rings (SSSR count). The molecule has 1 aliphatic heterocycles. The molecule has 0 spiro atoms. The molecule has 1 aliphatic carbocycles. The first-order chi connectivity index (χ1) is 30.2. The first-order valence-corrected chi connectivity index (χ1v) is 25.9. The number of amides is 2. The standard InChI is InChI=1S/C53H62N6O2SSi/c1-34(2)52(60)56-27-13-25-54-32-45-39-15-11-12-16-40(39)46(33-55-26-14-28-57-53(61)35(3)4)44-29-36(17-20-41(44)45)47-23-24-48(62-47)51-42-21-18-37(58(5)6)30-49(42)63(9,10)50-31-38(59(7)8)19-22-43(50)51/h11-12,15-24,29-31,54-55H,1,3,13-14,25-28,32-33H2,2,4-10H3,(H-,56,57,60,61)/p+1. The van der Waals surface area contributed by atoms with Gasteiger partial charge in [0.05, 0.1) is 0 Å². The van der Waals surface area contributed by atoms with Gasteiger partial charge >= 0.3 is 0 Å². The van der Waals surface area contributed by atoms with Gasteiger partial charge in [-0.1, -0.05) is 68.7 Å². The number of benzene rings is 4. The summed E-state index contributed by atoms with van der Waals surface area (Å²) in [7, 11) is 6.45. The van der Waals surface area contributed by atoms with Crippen LogP contribution in [0.15, 0.2) is 126 Å². The molecule has 10 heteroatoms. The number of hydrogen-bond acceptors (Lipinski definition) is 6. The number of allylic oxidation sites excluding steroid dienone is 5. The fourth-order valence-corrected chi connectivity index (χ4v) is 12.9. The van der Waals surface area contributed by atoms with Crippen molar-refractivity contribution in [3.05, 3.63) is 148 Å². The lowest BCUT2D eigenvalue weighted by molar-refractivity contribution is -0.462. The molecule has 0 atom stereocenters. The third-order valence-electron chi connectivity index (χ3n) is 12.3. The zero-order valence-corrected chi connectivity index (χ0v) is 40.2. The minimum Gasteiger partial charge on any atom is -0.378 e. The third kappa shape index (κ3) is 9.65. The van der Waals surface area contributed by atoms with Gasteiger partial charge in [0.2, 0.25) is 11.8 Å². The number of fused-ring (bicyclic) bond motifs is 4. The van der Waals surface area contributed by atoms with Crippen molar-refractivity contribution in [1.29, 1.82) is 0 Å². The maximum absolute atomic E-state index is 12.1. The molecule has 0 unspecified atom stereocenters. The van der Waals surface area contributed by atoms with Gasteiger partial charge in [-0.25, -0.2) is 4.58 Å². The minimum absolute atomic E-state index is 0.101. The van der Waals surface area contributed by atoms with E-state index >= 15 is 0 Å². The van der Waals surface area contributed by atoms with Gasteiger partial charge in [0, 0.05) is 84.6 Å². The molecule has 4 N–H and O–H groups in total. The predicted molar refractivity (Wildman–Crippen MR) is 271 cm³/mol. The molecular weight excluding hydrogens is 813 g/mol. The number of carbonyl (C=O) groups is 2. The van der Waals surface area contributed by atoms with E-state index in [4.69, 9.17) is 0 Å². The van der Waals surface area contributed by atoms with E-state index < -0.39 is 8.07 Å². The Labute approximate surface area is 378 Å². The average molecular weight is 876 g/mol. The molecule has 0 fully saturated rings. The summed E-state index contributed by atoms with van der Waals surface area (Å²) >= 11 is 1.87. The van der Waals surface area contributed by atoms with Gasteiger partial charge in [-0.15, -0.1) is 11.3 Å². The maximum Gasteiger partial charge on any atom is 0.246 e. The summed E-state index contributed by atoms with van der Waals surface area (Å²) in [5.74, 6) is -0.203. The van der Waals surface area contributed by atoms with Gasteiger partial charge < -0.3 is 26.2 Å². The largest absolute Gasteiger partial charge is 0.378 e. The van der Waals surface area contributed by atoms with Gasteiger partial charge in [-0.3, -0.25) is 9.59 Å². The third-order valence-corrected chi connectivity index (χ3v) is 17.0. The molecule has 63 heavy (non-hydrogen) atoms. The van der Waals surface area contributed by atoms with Crippen LogP contribution in [-0.4, -0.2) is 84.5 Å². The Hall–Kier alpha value is -5.65. The van der Waals surface area contributed by atoms with Crippen molar-refractivity contribution in [3.8, 4) is 10.4 Å². The van der Waals surface area contributed by atoms with Crippen LogP contribution in [0.4, 0.5) is 5.69 Å². The van der Waals surface area contributed by atoms with E-state index in [1.807, 2.05) is 11.3 Å². The van der Waals surface area contributed by atoms with Crippen molar-refractivity contribution in [3.63, 3.8) is 0 Å². The van der Waals surface area contributed by atoms with Crippen LogP contribution in [0, 0.1) is 0 Å². The van der Waals surface area contributed by atoms with Gasteiger partial charge in [0.25, 0.3) is 0 Å². The van der Waals surface area contributed by atoms with E-state index in [9.17, 15) is 9.59 Å². The van der Waals surface area contributed by atoms with Crippen LogP contribution in [0.25, 0.3) is 37.6 Å². The van der Waals surface area contributed by atoms with Gasteiger partial charge in [-0.05, 0) is 136 Å². The van der Waals surface area contributed by atoms with Gasteiger partial charge in [-0.2, -0.15) is 0 Å². The summed E-state index contributed by atoms with van der Waals surface area (Å²) in [6.45, 7) is 20.1. The Morgan fingerprint density at radius 1 is 0.714 bits per heavy atom. The summed E-state index contributed by atoms with van der Waals surface area (Å²) in [5, 5.41) is 21.2. The summed E-state index contributed by atoms with van der Waals surface area (Å²) in [6.07, 6.45) is 8.70. The first-order valence-electron chi connectivity index (χ1n) is 22.0. The van der Waals surface area contributed by atoms with Crippen molar-refractivity contribution in [1.82, 2.24) is 21.3 Å². The number of anilines is 1. The number of hydrogen-bond donors (Lipinski definition) is 4. The quantitative estimate of drug-likeness (QED) is 0.0247. The Kier molecular flexibility index (Phi) is 14.0. The monoisotopic (exact) mass is 875 g/mol. The molecule has 0 radical (unpaired) electrons. The van der Waals surface area contributed by atoms with Gasteiger partial charge in [0.15, 0.2) is 5.71 Å². The van der Waals surface area contributed by atoms with Crippen molar-refractivity contribution in [2.45, 2.75) is 52.9 Å². The van der Waals surface area contributed by atoms with E-state index in [1.54, 1.807) is 13.8 Å². The fourth-order valence-electron chi connectivity index (χ4n) is 8.72. The van der Waals surface area contributed by atoms with Crippen LogP contribution in [0.1, 0.15) is 48.3 Å². The summed E-state index contributed by atoms with van der Waals surface area (Å²) in [6, 6.07) is 27.4. The van der Waals surface area contributed by atoms with E-state index in [0.29, 0.717) is 37.3 Å². The molecule has 1 aromatic heterocycles. The molecule has 5 aromatic rings. The van der Waals surface area contributed by atoms with Crippen LogP contribution in [0.5, 0.6) is 0 Å². The number of carbonyl (C=O) groups excluding carboxylic acids is 2. The SMILES string of the molecule is C=C(C)C(=O)NCCCNCc1c2ccccc2c(CNCCCNC(=O)C(=C)C)c2cc(-c3ccc(C4=C5C=CC(=[N+](C)C)C=C5[Si](C)(C)c5cc(N(C)C)ccc54)s3)ccc12. The Morgan fingerprint density at radius 2 is 1.30 bits per heavy atom. The molecule has 2 heterocycles. The molecule has 0 saturated heterocycles. The minimum atomic E-state index is -2.06. The highest BCUT2D eigenvalue weighted by Crippen LogP contribution is 2.45. The zero-order valence-electron chi connectivity index (χ0n) is 38.4. The van der Waals surface area contributed by atoms with E-state index in [2.05, 4.69) is 176 Å². The van der Waals surface area contributed by atoms with Crippen molar-refractivity contribution >= 4 is 74.9 Å². The summed E-state index contributed by atoms with van der Waals surface area (Å²) in [4.78, 5) is 28.8. The van der Waals surface area contributed by atoms with Gasteiger partial charge in [0.1, 0.15) is 22.2 Å². The second-order valence-corrected chi connectivity index (χ2v) is 23.2. The Bertz CT molecular complexity index is 2760. The average Bonchev–Trinajstić information content (AvgIpc) is 3.75. The highest BCUT2D eigenvalue weighted by Gasteiger charge is 2.40. The lowest BCUT2D eigenvalue weighted by atomic mass is 9.90. The molecule has 2 amide bonds. The molecule has 4 aromatic carbocycles. The number of thiophene rings is 1.